The summed E-state index contributed by atoms with van der Waals surface area (Å²) in [5.74, 6) is 0.370. The molecule has 0 saturated heterocycles. The minimum absolute atomic E-state index is 0.0220. The van der Waals surface area contributed by atoms with Crippen molar-refractivity contribution < 1.29 is 14.3 Å². The van der Waals surface area contributed by atoms with Crippen molar-refractivity contribution in [3.05, 3.63) is 52.0 Å². The van der Waals surface area contributed by atoms with Gasteiger partial charge in [-0.05, 0) is 54.8 Å². The number of amides is 2. The van der Waals surface area contributed by atoms with E-state index in [-0.39, 0.29) is 25.0 Å². The van der Waals surface area contributed by atoms with Crippen molar-refractivity contribution in [1.29, 1.82) is 0 Å². The molecule has 0 aliphatic carbocycles. The molecule has 2 aromatic rings. The lowest BCUT2D eigenvalue weighted by Crippen LogP contribution is -2.46. The standard InChI is InChI=1S/C19H17BrN2O3/c1-12-2-5-17-16(8-12)22(19(24)11-25-17)10-18(23)21-7-6-13-9-14(20)3-4-15(13)21/h2-5,8-9H,6-7,10-11H2,1H3. The Morgan fingerprint density at radius 1 is 1.20 bits per heavy atom. The average molecular weight is 401 g/mol. The molecule has 6 heteroatoms. The highest BCUT2D eigenvalue weighted by atomic mass is 79.9. The van der Waals surface area contributed by atoms with E-state index in [1.165, 1.54) is 4.90 Å². The predicted octanol–water partition coefficient (Wildman–Crippen LogP) is 3.07. The highest BCUT2D eigenvalue weighted by Gasteiger charge is 2.31. The van der Waals surface area contributed by atoms with E-state index in [1.54, 1.807) is 4.90 Å². The van der Waals surface area contributed by atoms with Gasteiger partial charge in [0.1, 0.15) is 12.3 Å². The first-order chi connectivity index (χ1) is 12.0. The number of carbonyl (C=O) groups excluding carboxylic acids is 2. The van der Waals surface area contributed by atoms with Crippen LogP contribution in [0.1, 0.15) is 11.1 Å². The Labute approximate surface area is 154 Å². The summed E-state index contributed by atoms with van der Waals surface area (Å²) in [7, 11) is 0. The summed E-state index contributed by atoms with van der Waals surface area (Å²) in [6.07, 6.45) is 0.827. The van der Waals surface area contributed by atoms with E-state index < -0.39 is 0 Å². The van der Waals surface area contributed by atoms with Crippen molar-refractivity contribution in [1.82, 2.24) is 0 Å². The number of anilines is 2. The first-order valence-corrected chi connectivity index (χ1v) is 8.95. The number of rotatable bonds is 2. The molecule has 0 unspecified atom stereocenters. The molecule has 0 saturated carbocycles. The Morgan fingerprint density at radius 3 is 2.88 bits per heavy atom. The maximum Gasteiger partial charge on any atom is 0.265 e. The second-order valence-electron chi connectivity index (χ2n) is 6.31. The monoisotopic (exact) mass is 400 g/mol. The van der Waals surface area contributed by atoms with Crippen molar-refractivity contribution in [2.45, 2.75) is 13.3 Å². The van der Waals surface area contributed by atoms with Gasteiger partial charge in [0.2, 0.25) is 5.91 Å². The number of hydrogen-bond acceptors (Lipinski definition) is 3. The molecule has 0 spiro atoms. The lowest BCUT2D eigenvalue weighted by atomic mass is 10.1. The van der Waals surface area contributed by atoms with E-state index in [9.17, 15) is 9.59 Å². The average Bonchev–Trinajstić information content (AvgIpc) is 3.00. The first kappa shape index (κ1) is 16.1. The molecule has 0 atom stereocenters. The van der Waals surface area contributed by atoms with Crippen LogP contribution in [0.3, 0.4) is 0 Å². The molecular weight excluding hydrogens is 384 g/mol. The normalized spacial score (nSPS) is 15.7. The Balaban J connectivity index is 1.60. The SMILES string of the molecule is Cc1ccc2c(c1)N(CC(=O)N1CCc3cc(Br)ccc31)C(=O)CO2. The number of fused-ring (bicyclic) bond motifs is 2. The van der Waals surface area contributed by atoms with Gasteiger partial charge in [-0.2, -0.15) is 0 Å². The zero-order valence-corrected chi connectivity index (χ0v) is 15.4. The van der Waals surface area contributed by atoms with Crippen molar-refractivity contribution in [3.8, 4) is 5.75 Å². The number of hydrogen-bond donors (Lipinski definition) is 0. The molecule has 0 aromatic heterocycles. The molecule has 5 nitrogen and oxygen atoms in total. The Morgan fingerprint density at radius 2 is 2.04 bits per heavy atom. The van der Waals surface area contributed by atoms with Gasteiger partial charge in [-0.3, -0.25) is 14.5 Å². The van der Waals surface area contributed by atoms with Gasteiger partial charge in [0, 0.05) is 16.7 Å². The zero-order valence-electron chi connectivity index (χ0n) is 13.8. The molecule has 2 heterocycles. The van der Waals surface area contributed by atoms with Crippen LogP contribution < -0.4 is 14.5 Å². The predicted molar refractivity (Wildman–Crippen MR) is 99.2 cm³/mol. The summed E-state index contributed by atoms with van der Waals surface area (Å²) >= 11 is 3.46. The van der Waals surface area contributed by atoms with Crippen molar-refractivity contribution in [2.75, 3.05) is 29.5 Å². The fourth-order valence-electron chi connectivity index (χ4n) is 3.34. The van der Waals surface area contributed by atoms with Crippen LogP contribution in [0.4, 0.5) is 11.4 Å². The van der Waals surface area contributed by atoms with Crippen LogP contribution in [0.5, 0.6) is 5.75 Å². The lowest BCUT2D eigenvalue weighted by Gasteiger charge is -2.30. The van der Waals surface area contributed by atoms with Crippen molar-refractivity contribution in [2.24, 2.45) is 0 Å². The number of aryl methyl sites for hydroxylation is 1. The van der Waals surface area contributed by atoms with E-state index in [0.29, 0.717) is 18.0 Å². The van der Waals surface area contributed by atoms with Crippen LogP contribution in [-0.2, 0) is 16.0 Å². The Kier molecular flexibility index (Phi) is 4.00. The summed E-state index contributed by atoms with van der Waals surface area (Å²) in [6, 6.07) is 11.6. The highest BCUT2D eigenvalue weighted by Crippen LogP contribution is 2.34. The van der Waals surface area contributed by atoms with Gasteiger partial charge in [0.15, 0.2) is 6.61 Å². The molecule has 2 aromatic carbocycles. The van der Waals surface area contributed by atoms with Gasteiger partial charge in [-0.25, -0.2) is 0 Å². The molecule has 2 aliphatic rings. The maximum atomic E-state index is 12.9. The van der Waals surface area contributed by atoms with Gasteiger partial charge in [-0.1, -0.05) is 22.0 Å². The summed E-state index contributed by atoms with van der Waals surface area (Å²) in [5, 5.41) is 0. The van der Waals surface area contributed by atoms with Gasteiger partial charge < -0.3 is 9.64 Å². The molecule has 2 amide bonds. The van der Waals surface area contributed by atoms with E-state index in [1.807, 2.05) is 43.3 Å². The number of halogens is 1. The van der Waals surface area contributed by atoms with Crippen LogP contribution in [-0.4, -0.2) is 31.5 Å². The number of ether oxygens (including phenoxy) is 1. The van der Waals surface area contributed by atoms with Crippen molar-refractivity contribution >= 4 is 39.1 Å². The highest BCUT2D eigenvalue weighted by molar-refractivity contribution is 9.10. The van der Waals surface area contributed by atoms with Crippen molar-refractivity contribution in [3.63, 3.8) is 0 Å². The number of carbonyl (C=O) groups is 2. The topological polar surface area (TPSA) is 49.9 Å². The minimum Gasteiger partial charge on any atom is -0.482 e. The molecule has 0 radical (unpaired) electrons. The van der Waals surface area contributed by atoms with Crippen LogP contribution in [0, 0.1) is 6.92 Å². The molecule has 0 fully saturated rings. The summed E-state index contributed by atoms with van der Waals surface area (Å²) in [6.45, 7) is 2.58. The Hall–Kier alpha value is -2.34. The van der Waals surface area contributed by atoms with Gasteiger partial charge in [0.25, 0.3) is 5.91 Å². The fraction of sp³-hybridized carbons (Fsp3) is 0.263. The van der Waals surface area contributed by atoms with Gasteiger partial charge >= 0.3 is 0 Å². The molecule has 128 valence electrons. The van der Waals surface area contributed by atoms with Crippen LogP contribution in [0.15, 0.2) is 40.9 Å². The van der Waals surface area contributed by atoms with Gasteiger partial charge in [0.05, 0.1) is 5.69 Å². The van der Waals surface area contributed by atoms with E-state index in [0.717, 1.165) is 27.7 Å². The number of nitrogens with zero attached hydrogens (tertiary/aromatic N) is 2. The summed E-state index contributed by atoms with van der Waals surface area (Å²) < 4.78 is 6.48. The van der Waals surface area contributed by atoms with Crippen LogP contribution in [0.25, 0.3) is 0 Å². The molecular formula is C19H17BrN2O3. The third-order valence-electron chi connectivity index (χ3n) is 4.59. The number of benzene rings is 2. The largest absolute Gasteiger partial charge is 0.482 e. The molecule has 25 heavy (non-hydrogen) atoms. The second-order valence-corrected chi connectivity index (χ2v) is 7.22. The third-order valence-corrected chi connectivity index (χ3v) is 5.08. The summed E-state index contributed by atoms with van der Waals surface area (Å²) in [4.78, 5) is 28.5. The van der Waals surface area contributed by atoms with E-state index in [2.05, 4.69) is 15.9 Å². The fourth-order valence-corrected chi connectivity index (χ4v) is 3.74. The maximum absolute atomic E-state index is 12.9. The van der Waals surface area contributed by atoms with Crippen LogP contribution in [0.2, 0.25) is 0 Å². The first-order valence-electron chi connectivity index (χ1n) is 8.15. The minimum atomic E-state index is -0.193. The zero-order chi connectivity index (χ0) is 17.6. The van der Waals surface area contributed by atoms with E-state index in [4.69, 9.17) is 4.74 Å². The smallest absolute Gasteiger partial charge is 0.265 e. The van der Waals surface area contributed by atoms with E-state index >= 15 is 0 Å². The third kappa shape index (κ3) is 2.91. The van der Waals surface area contributed by atoms with Crippen LogP contribution >= 0.6 is 15.9 Å². The molecule has 0 N–H and O–H groups in total. The Bertz CT molecular complexity index is 881. The molecule has 4 rings (SSSR count). The quantitative estimate of drug-likeness (QED) is 0.778. The lowest BCUT2D eigenvalue weighted by molar-refractivity contribution is -0.124. The second kappa shape index (κ2) is 6.19. The van der Waals surface area contributed by atoms with Gasteiger partial charge in [-0.15, -0.1) is 0 Å². The summed E-state index contributed by atoms with van der Waals surface area (Å²) in [5.41, 5.74) is 3.76. The molecule has 2 aliphatic heterocycles. The molecule has 0 bridgehead atoms.